The number of Topliss-reactive ketones (excluding diaryl/α,β-unsaturated/α-hetero) is 2. The van der Waals surface area contributed by atoms with Crippen LogP contribution in [0.2, 0.25) is 0 Å². The van der Waals surface area contributed by atoms with E-state index in [1.54, 1.807) is 12.1 Å². The maximum absolute atomic E-state index is 12.2. The van der Waals surface area contributed by atoms with Crippen molar-refractivity contribution in [3.05, 3.63) is 33.8 Å². The first-order valence-corrected chi connectivity index (χ1v) is 6.30. The van der Waals surface area contributed by atoms with Crippen LogP contribution < -0.4 is 0 Å². The molecule has 18 heavy (non-hydrogen) atoms. The van der Waals surface area contributed by atoms with Crippen LogP contribution in [0.1, 0.15) is 15.9 Å². The van der Waals surface area contributed by atoms with Crippen LogP contribution in [0, 0.1) is 5.92 Å². The van der Waals surface area contributed by atoms with Gasteiger partial charge in [0.2, 0.25) is 6.29 Å². The summed E-state index contributed by atoms with van der Waals surface area (Å²) in [6, 6.07) is 5.39. The highest BCUT2D eigenvalue weighted by molar-refractivity contribution is 9.10. The molecule has 0 saturated carbocycles. The third-order valence-electron chi connectivity index (χ3n) is 3.11. The summed E-state index contributed by atoms with van der Waals surface area (Å²) in [5, 5.41) is 0. The lowest BCUT2D eigenvalue weighted by Gasteiger charge is -2.15. The highest BCUT2D eigenvalue weighted by Gasteiger charge is 2.39. The van der Waals surface area contributed by atoms with Gasteiger partial charge in [-0.2, -0.15) is 0 Å². The van der Waals surface area contributed by atoms with Crippen molar-refractivity contribution >= 4 is 27.5 Å². The maximum atomic E-state index is 12.2. The predicted molar refractivity (Wildman–Crippen MR) is 68.5 cm³/mol. The molecule has 0 aromatic heterocycles. The fourth-order valence-corrected chi connectivity index (χ4v) is 2.73. The number of carbonyl (C=O) groups is 2. The summed E-state index contributed by atoms with van der Waals surface area (Å²) in [5.41, 5.74) is 1.49. The lowest BCUT2D eigenvalue weighted by atomic mass is 9.99. The van der Waals surface area contributed by atoms with Gasteiger partial charge in [0, 0.05) is 24.3 Å². The van der Waals surface area contributed by atoms with E-state index in [9.17, 15) is 9.59 Å². The molecule has 0 fully saturated rings. The van der Waals surface area contributed by atoms with E-state index in [0.717, 1.165) is 10.0 Å². The van der Waals surface area contributed by atoms with Crippen LogP contribution in [-0.2, 0) is 20.7 Å². The molecule has 0 heterocycles. The van der Waals surface area contributed by atoms with Crippen LogP contribution in [-0.4, -0.2) is 32.1 Å². The normalized spacial score (nSPS) is 18.2. The molecule has 0 N–H and O–H groups in total. The number of ketones is 2. The third kappa shape index (κ3) is 2.13. The lowest BCUT2D eigenvalue weighted by Crippen LogP contribution is -2.34. The molecule has 0 spiro atoms. The fraction of sp³-hybridized carbons (Fsp3) is 0.385. The first-order chi connectivity index (χ1) is 8.60. The van der Waals surface area contributed by atoms with Crippen molar-refractivity contribution in [2.24, 2.45) is 5.92 Å². The van der Waals surface area contributed by atoms with Crippen molar-refractivity contribution in [1.82, 2.24) is 0 Å². The van der Waals surface area contributed by atoms with E-state index >= 15 is 0 Å². The Balaban J connectivity index is 2.29. The first kappa shape index (κ1) is 13.4. The molecule has 0 radical (unpaired) electrons. The number of hydrogen-bond acceptors (Lipinski definition) is 4. The Morgan fingerprint density at radius 2 is 2.06 bits per heavy atom. The Kier molecular flexibility index (Phi) is 3.94. The second-order valence-electron chi connectivity index (χ2n) is 4.09. The van der Waals surface area contributed by atoms with Crippen LogP contribution in [0.15, 0.2) is 22.7 Å². The van der Waals surface area contributed by atoms with E-state index in [-0.39, 0.29) is 11.6 Å². The van der Waals surface area contributed by atoms with Crippen LogP contribution in [0.3, 0.4) is 0 Å². The van der Waals surface area contributed by atoms with Gasteiger partial charge in [-0.15, -0.1) is 0 Å². The van der Waals surface area contributed by atoms with E-state index in [1.807, 2.05) is 6.07 Å². The van der Waals surface area contributed by atoms with Crippen LogP contribution >= 0.6 is 15.9 Å². The number of halogens is 1. The maximum Gasteiger partial charge on any atom is 0.218 e. The van der Waals surface area contributed by atoms with Crippen molar-refractivity contribution in [1.29, 1.82) is 0 Å². The summed E-state index contributed by atoms with van der Waals surface area (Å²) in [6.45, 7) is 0. The highest BCUT2D eigenvalue weighted by Crippen LogP contribution is 2.33. The second kappa shape index (κ2) is 5.30. The Morgan fingerprint density at radius 1 is 1.39 bits per heavy atom. The molecule has 4 nitrogen and oxygen atoms in total. The minimum atomic E-state index is -0.980. The average molecular weight is 313 g/mol. The van der Waals surface area contributed by atoms with Gasteiger partial charge in [-0.05, 0) is 18.1 Å². The lowest BCUT2D eigenvalue weighted by molar-refractivity contribution is -0.159. The van der Waals surface area contributed by atoms with Crippen LogP contribution in [0.4, 0.5) is 0 Å². The number of fused-ring (bicyclic) bond motifs is 1. The van der Waals surface area contributed by atoms with Gasteiger partial charge in [-0.25, -0.2) is 0 Å². The van der Waals surface area contributed by atoms with Crippen molar-refractivity contribution in [2.45, 2.75) is 12.7 Å². The van der Waals surface area contributed by atoms with Crippen molar-refractivity contribution in [3.8, 4) is 0 Å². The summed E-state index contributed by atoms with van der Waals surface area (Å²) in [7, 11) is 2.77. The standard InChI is InChI=1S/C13H13BrO4/c1-17-13(18-2)12(16)9-6-8-7(11(9)15)4-3-5-10(8)14/h3-5,9,13H,6H2,1-2H3. The summed E-state index contributed by atoms with van der Waals surface area (Å²) in [6.07, 6.45) is -0.579. The van der Waals surface area contributed by atoms with Gasteiger partial charge in [0.25, 0.3) is 0 Å². The Bertz CT molecular complexity index is 494. The Morgan fingerprint density at radius 3 is 2.61 bits per heavy atom. The van der Waals surface area contributed by atoms with Gasteiger partial charge in [-0.3, -0.25) is 9.59 Å². The number of rotatable bonds is 4. The van der Waals surface area contributed by atoms with Gasteiger partial charge in [0.05, 0.1) is 5.92 Å². The summed E-state index contributed by atoms with van der Waals surface area (Å²) in [4.78, 5) is 24.3. The second-order valence-corrected chi connectivity index (χ2v) is 4.95. The van der Waals surface area contributed by atoms with Gasteiger partial charge in [0.15, 0.2) is 11.6 Å². The first-order valence-electron chi connectivity index (χ1n) is 5.51. The molecule has 0 saturated heterocycles. The molecule has 1 aliphatic carbocycles. The molecular weight excluding hydrogens is 300 g/mol. The number of benzene rings is 1. The Labute approximate surface area is 113 Å². The quantitative estimate of drug-likeness (QED) is 0.630. The molecule has 2 rings (SSSR count). The van der Waals surface area contributed by atoms with Gasteiger partial charge in [-0.1, -0.05) is 28.1 Å². The third-order valence-corrected chi connectivity index (χ3v) is 3.86. The SMILES string of the molecule is COC(OC)C(=O)C1Cc2c(Br)cccc2C1=O. The monoisotopic (exact) mass is 312 g/mol. The zero-order valence-electron chi connectivity index (χ0n) is 10.1. The van der Waals surface area contributed by atoms with Crippen LogP contribution in [0.5, 0.6) is 0 Å². The van der Waals surface area contributed by atoms with E-state index in [4.69, 9.17) is 9.47 Å². The molecule has 0 amide bonds. The molecule has 1 unspecified atom stereocenters. The van der Waals surface area contributed by atoms with E-state index in [1.165, 1.54) is 14.2 Å². The van der Waals surface area contributed by atoms with Crippen molar-refractivity contribution in [3.63, 3.8) is 0 Å². The molecule has 0 bridgehead atoms. The summed E-state index contributed by atoms with van der Waals surface area (Å²) < 4.78 is 10.7. The number of methoxy groups -OCH3 is 2. The van der Waals surface area contributed by atoms with E-state index in [2.05, 4.69) is 15.9 Å². The molecule has 1 aromatic carbocycles. The largest absolute Gasteiger partial charge is 0.349 e. The minimum absolute atomic E-state index is 0.157. The number of carbonyl (C=O) groups excluding carboxylic acids is 2. The van der Waals surface area contributed by atoms with Crippen LogP contribution in [0.25, 0.3) is 0 Å². The molecule has 5 heteroatoms. The summed E-state index contributed by atoms with van der Waals surface area (Å²) in [5.74, 6) is -1.19. The number of ether oxygens (including phenoxy) is 2. The average Bonchev–Trinajstić information content (AvgIpc) is 2.70. The van der Waals surface area contributed by atoms with Gasteiger partial charge < -0.3 is 9.47 Å². The van der Waals surface area contributed by atoms with E-state index in [0.29, 0.717) is 12.0 Å². The van der Waals surface area contributed by atoms with Gasteiger partial charge in [0.1, 0.15) is 0 Å². The topological polar surface area (TPSA) is 52.6 Å². The molecular formula is C13H13BrO4. The molecule has 1 aliphatic rings. The fourth-order valence-electron chi connectivity index (χ4n) is 2.20. The van der Waals surface area contributed by atoms with Crippen molar-refractivity contribution in [2.75, 3.05) is 14.2 Å². The molecule has 96 valence electrons. The summed E-state index contributed by atoms with van der Waals surface area (Å²) >= 11 is 3.40. The smallest absolute Gasteiger partial charge is 0.218 e. The molecule has 1 atom stereocenters. The Hall–Kier alpha value is -1.04. The van der Waals surface area contributed by atoms with Gasteiger partial charge >= 0.3 is 0 Å². The highest BCUT2D eigenvalue weighted by atomic mass is 79.9. The zero-order valence-corrected chi connectivity index (χ0v) is 11.7. The predicted octanol–water partition coefficient (Wildman–Crippen LogP) is 1.99. The zero-order chi connectivity index (χ0) is 13.3. The minimum Gasteiger partial charge on any atom is -0.349 e. The molecule has 0 aliphatic heterocycles. The number of hydrogen-bond donors (Lipinski definition) is 0. The molecule has 1 aromatic rings. The van der Waals surface area contributed by atoms with E-state index < -0.39 is 12.2 Å². The van der Waals surface area contributed by atoms with Crippen molar-refractivity contribution < 1.29 is 19.1 Å².